The van der Waals surface area contributed by atoms with Crippen LogP contribution in [0.25, 0.3) is 0 Å². The van der Waals surface area contributed by atoms with E-state index >= 15 is 0 Å². The molecular weight excluding hydrogens is 170 g/mol. The zero-order valence-corrected chi connectivity index (χ0v) is 8.81. The van der Waals surface area contributed by atoms with E-state index in [0.717, 1.165) is 0 Å². The lowest BCUT2D eigenvalue weighted by Crippen LogP contribution is -2.73. The normalized spacial score (nSPS) is 17.1. The minimum absolute atomic E-state index is 0.000486. The largest absolute Gasteiger partial charge is 0.396 e. The Hall–Kier alpha value is -0.200. The summed E-state index contributed by atoms with van der Waals surface area (Å²) >= 11 is 0. The van der Waals surface area contributed by atoms with Crippen molar-refractivity contribution in [3.05, 3.63) is 0 Å². The van der Waals surface area contributed by atoms with Crippen molar-refractivity contribution >= 4 is 0 Å². The summed E-state index contributed by atoms with van der Waals surface area (Å²) in [5.41, 5.74) is -1.85. The van der Waals surface area contributed by atoms with Gasteiger partial charge in [-0.15, -0.1) is 0 Å². The van der Waals surface area contributed by atoms with Crippen LogP contribution in [0.3, 0.4) is 0 Å². The SMILES string of the molecule is CNC(C)(O)C(CCO)(NC)NC. The molecule has 0 amide bonds. The predicted molar refractivity (Wildman–Crippen MR) is 52.2 cm³/mol. The maximum absolute atomic E-state index is 10.0. The van der Waals surface area contributed by atoms with E-state index in [1.807, 2.05) is 0 Å². The second-order valence-electron chi connectivity index (χ2n) is 3.20. The smallest absolute Gasteiger partial charge is 0.144 e. The van der Waals surface area contributed by atoms with Gasteiger partial charge in [-0.2, -0.15) is 0 Å². The summed E-state index contributed by atoms with van der Waals surface area (Å²) in [6.45, 7) is 1.65. The molecule has 1 unspecified atom stereocenters. The summed E-state index contributed by atoms with van der Waals surface area (Å²) in [5, 5.41) is 27.7. The number of nitrogens with one attached hydrogen (secondary N) is 3. The first-order valence-electron chi connectivity index (χ1n) is 4.39. The number of aliphatic hydroxyl groups excluding tert-OH is 1. The summed E-state index contributed by atoms with van der Waals surface area (Å²) in [7, 11) is 5.14. The van der Waals surface area contributed by atoms with E-state index in [1.165, 1.54) is 0 Å². The maximum Gasteiger partial charge on any atom is 0.144 e. The standard InChI is InChI=1S/C8H21N3O2/c1-7(13,9-2)8(10-3,11-4)5-6-12/h9-13H,5-6H2,1-4H3. The lowest BCUT2D eigenvalue weighted by molar-refractivity contribution is -0.0795. The molecule has 0 rings (SSSR count). The molecular formula is C8H21N3O2. The van der Waals surface area contributed by atoms with Gasteiger partial charge in [0.2, 0.25) is 0 Å². The highest BCUT2D eigenvalue weighted by molar-refractivity contribution is 4.97. The molecule has 0 saturated carbocycles. The van der Waals surface area contributed by atoms with Gasteiger partial charge >= 0.3 is 0 Å². The van der Waals surface area contributed by atoms with Crippen molar-refractivity contribution in [3.8, 4) is 0 Å². The Balaban J connectivity index is 4.73. The molecule has 5 N–H and O–H groups in total. The van der Waals surface area contributed by atoms with Gasteiger partial charge in [0.25, 0.3) is 0 Å². The lowest BCUT2D eigenvalue weighted by Gasteiger charge is -2.44. The predicted octanol–water partition coefficient (Wildman–Crippen LogP) is -1.57. The number of rotatable bonds is 6. The van der Waals surface area contributed by atoms with Crippen LogP contribution in [0, 0.1) is 0 Å². The monoisotopic (exact) mass is 191 g/mol. The van der Waals surface area contributed by atoms with Gasteiger partial charge < -0.3 is 10.2 Å². The Labute approximate surface area is 79.5 Å². The molecule has 5 heteroatoms. The van der Waals surface area contributed by atoms with E-state index in [9.17, 15) is 5.11 Å². The van der Waals surface area contributed by atoms with Gasteiger partial charge in [-0.05, 0) is 28.1 Å². The van der Waals surface area contributed by atoms with Crippen LogP contribution in [0.4, 0.5) is 0 Å². The van der Waals surface area contributed by atoms with Gasteiger partial charge in [-0.3, -0.25) is 16.0 Å². The van der Waals surface area contributed by atoms with Crippen LogP contribution in [-0.4, -0.2) is 49.4 Å². The molecule has 5 nitrogen and oxygen atoms in total. The van der Waals surface area contributed by atoms with Gasteiger partial charge in [0.1, 0.15) is 11.4 Å². The first-order chi connectivity index (χ1) is 5.99. The molecule has 0 saturated heterocycles. The topological polar surface area (TPSA) is 76.5 Å². The average molecular weight is 191 g/mol. The van der Waals surface area contributed by atoms with E-state index in [1.54, 1.807) is 28.1 Å². The molecule has 0 aliphatic rings. The molecule has 13 heavy (non-hydrogen) atoms. The molecule has 0 aliphatic carbocycles. The molecule has 1 atom stereocenters. The minimum atomic E-state index is -1.13. The van der Waals surface area contributed by atoms with Crippen LogP contribution >= 0.6 is 0 Å². The fourth-order valence-corrected chi connectivity index (χ4v) is 1.49. The Morgan fingerprint density at radius 3 is 1.77 bits per heavy atom. The average Bonchev–Trinajstić information content (AvgIpc) is 2.14. The van der Waals surface area contributed by atoms with Crippen molar-refractivity contribution in [2.24, 2.45) is 0 Å². The van der Waals surface area contributed by atoms with Crippen molar-refractivity contribution in [1.29, 1.82) is 0 Å². The van der Waals surface area contributed by atoms with Crippen molar-refractivity contribution < 1.29 is 10.2 Å². The van der Waals surface area contributed by atoms with Crippen LogP contribution in [0.1, 0.15) is 13.3 Å². The zero-order chi connectivity index (χ0) is 10.5. The second-order valence-corrected chi connectivity index (χ2v) is 3.20. The summed E-state index contributed by atoms with van der Waals surface area (Å²) in [4.78, 5) is 0. The van der Waals surface area contributed by atoms with Crippen LogP contribution in [0.5, 0.6) is 0 Å². The summed E-state index contributed by atoms with van der Waals surface area (Å²) in [5.74, 6) is 0. The van der Waals surface area contributed by atoms with Crippen LogP contribution in [0.2, 0.25) is 0 Å². The highest BCUT2D eigenvalue weighted by Gasteiger charge is 2.43. The molecule has 0 heterocycles. The van der Waals surface area contributed by atoms with E-state index in [4.69, 9.17) is 5.11 Å². The molecule has 0 aliphatic heterocycles. The van der Waals surface area contributed by atoms with E-state index in [0.29, 0.717) is 6.42 Å². The molecule has 0 aromatic rings. The second kappa shape index (κ2) is 4.88. The van der Waals surface area contributed by atoms with E-state index < -0.39 is 11.4 Å². The molecule has 0 spiro atoms. The van der Waals surface area contributed by atoms with E-state index in [-0.39, 0.29) is 6.61 Å². The van der Waals surface area contributed by atoms with Gasteiger partial charge in [0, 0.05) is 13.0 Å². The highest BCUT2D eigenvalue weighted by Crippen LogP contribution is 2.19. The number of hydrogen-bond donors (Lipinski definition) is 5. The molecule has 0 aromatic heterocycles. The maximum atomic E-state index is 10.0. The zero-order valence-electron chi connectivity index (χ0n) is 8.81. The summed E-state index contributed by atoms with van der Waals surface area (Å²) in [6.07, 6.45) is 0.411. The van der Waals surface area contributed by atoms with Crippen LogP contribution in [-0.2, 0) is 0 Å². The first kappa shape index (κ1) is 12.8. The molecule has 0 bridgehead atoms. The number of aliphatic hydroxyl groups is 2. The Bertz CT molecular complexity index is 146. The molecule has 80 valence electrons. The third-order valence-corrected chi connectivity index (χ3v) is 2.66. The first-order valence-corrected chi connectivity index (χ1v) is 4.39. The van der Waals surface area contributed by atoms with Crippen LogP contribution in [0.15, 0.2) is 0 Å². The van der Waals surface area contributed by atoms with E-state index in [2.05, 4.69) is 16.0 Å². The number of hydrogen-bond acceptors (Lipinski definition) is 5. The van der Waals surface area contributed by atoms with Gasteiger partial charge in [-0.1, -0.05) is 0 Å². The van der Waals surface area contributed by atoms with Crippen molar-refractivity contribution in [3.63, 3.8) is 0 Å². The summed E-state index contributed by atoms with van der Waals surface area (Å²) < 4.78 is 0. The number of likely N-dealkylation sites (N-methyl/N-ethyl adjacent to an activating group) is 3. The Kier molecular flexibility index (Phi) is 4.80. The van der Waals surface area contributed by atoms with Crippen molar-refractivity contribution in [2.45, 2.75) is 24.7 Å². The fraction of sp³-hybridized carbons (Fsp3) is 1.00. The third kappa shape index (κ3) is 2.38. The lowest BCUT2D eigenvalue weighted by atomic mass is 9.94. The van der Waals surface area contributed by atoms with Crippen molar-refractivity contribution in [1.82, 2.24) is 16.0 Å². The molecule has 0 aromatic carbocycles. The van der Waals surface area contributed by atoms with Crippen LogP contribution < -0.4 is 16.0 Å². The Morgan fingerprint density at radius 2 is 1.54 bits per heavy atom. The quantitative estimate of drug-likeness (QED) is 0.328. The fourth-order valence-electron chi connectivity index (χ4n) is 1.49. The summed E-state index contributed by atoms with van der Waals surface area (Å²) in [6, 6.07) is 0. The van der Waals surface area contributed by atoms with Gasteiger partial charge in [-0.25, -0.2) is 0 Å². The highest BCUT2D eigenvalue weighted by atomic mass is 16.3. The minimum Gasteiger partial charge on any atom is -0.396 e. The van der Waals surface area contributed by atoms with Gasteiger partial charge in [0.05, 0.1) is 0 Å². The third-order valence-electron chi connectivity index (χ3n) is 2.66. The van der Waals surface area contributed by atoms with Gasteiger partial charge in [0.15, 0.2) is 0 Å². The van der Waals surface area contributed by atoms with Crippen molar-refractivity contribution in [2.75, 3.05) is 27.7 Å². The molecule has 0 radical (unpaired) electrons. The Morgan fingerprint density at radius 1 is 1.08 bits per heavy atom. The molecule has 0 fully saturated rings.